The SMILES string of the molecule is CP(O)C1=CCN(c2nc3ccccc3[nH]c2=O)CC1. The Morgan fingerprint density at radius 1 is 1.40 bits per heavy atom. The van der Waals surface area contributed by atoms with E-state index in [0.29, 0.717) is 18.9 Å². The third kappa shape index (κ3) is 2.47. The van der Waals surface area contributed by atoms with Crippen molar-refractivity contribution < 1.29 is 4.89 Å². The van der Waals surface area contributed by atoms with E-state index in [1.807, 2.05) is 41.9 Å². The van der Waals surface area contributed by atoms with E-state index in [1.54, 1.807) is 0 Å². The first-order valence-electron chi connectivity index (χ1n) is 6.51. The molecule has 5 nitrogen and oxygen atoms in total. The zero-order valence-electron chi connectivity index (χ0n) is 11.2. The second-order valence-corrected chi connectivity index (χ2v) is 6.44. The number of hydrogen-bond acceptors (Lipinski definition) is 4. The predicted octanol–water partition coefficient (Wildman–Crippen LogP) is 2.04. The molecule has 0 amide bonds. The van der Waals surface area contributed by atoms with Gasteiger partial charge in [-0.3, -0.25) is 4.79 Å². The molecule has 0 radical (unpaired) electrons. The summed E-state index contributed by atoms with van der Waals surface area (Å²) in [5.41, 5.74) is 1.38. The van der Waals surface area contributed by atoms with Crippen molar-refractivity contribution in [3.05, 3.63) is 46.0 Å². The molecular formula is C14H16N3O2P. The Labute approximate surface area is 117 Å². The smallest absolute Gasteiger partial charge is 0.291 e. The molecule has 0 saturated heterocycles. The van der Waals surface area contributed by atoms with Gasteiger partial charge in [-0.2, -0.15) is 0 Å². The minimum Gasteiger partial charge on any atom is -0.370 e. The number of fused-ring (bicyclic) bond motifs is 1. The van der Waals surface area contributed by atoms with Gasteiger partial charge < -0.3 is 14.8 Å². The summed E-state index contributed by atoms with van der Waals surface area (Å²) in [5.74, 6) is 0.456. The molecule has 2 N–H and O–H groups in total. The Balaban J connectivity index is 1.95. The number of anilines is 1. The van der Waals surface area contributed by atoms with E-state index in [1.165, 1.54) is 0 Å². The normalized spacial score (nSPS) is 17.1. The molecule has 20 heavy (non-hydrogen) atoms. The van der Waals surface area contributed by atoms with E-state index >= 15 is 0 Å². The second-order valence-electron chi connectivity index (χ2n) is 4.82. The van der Waals surface area contributed by atoms with E-state index in [9.17, 15) is 9.69 Å². The van der Waals surface area contributed by atoms with Crippen LogP contribution < -0.4 is 10.5 Å². The summed E-state index contributed by atoms with van der Waals surface area (Å²) in [4.78, 5) is 31.0. The topological polar surface area (TPSA) is 69.2 Å². The number of para-hydroxylation sites is 2. The lowest BCUT2D eigenvalue weighted by Gasteiger charge is -2.27. The maximum atomic E-state index is 12.1. The quantitative estimate of drug-likeness (QED) is 0.830. The summed E-state index contributed by atoms with van der Waals surface area (Å²) in [6, 6.07) is 7.51. The molecule has 1 atom stereocenters. The summed E-state index contributed by atoms with van der Waals surface area (Å²) in [7, 11) is -1.01. The van der Waals surface area contributed by atoms with Crippen molar-refractivity contribution in [2.75, 3.05) is 24.7 Å². The van der Waals surface area contributed by atoms with Crippen molar-refractivity contribution >= 4 is 25.0 Å². The number of rotatable bonds is 2. The minimum absolute atomic E-state index is 0.164. The maximum absolute atomic E-state index is 12.1. The number of benzene rings is 1. The van der Waals surface area contributed by atoms with Crippen LogP contribution in [0.2, 0.25) is 0 Å². The van der Waals surface area contributed by atoms with Crippen LogP contribution >= 0.6 is 8.15 Å². The lowest BCUT2D eigenvalue weighted by atomic mass is 10.2. The summed E-state index contributed by atoms with van der Waals surface area (Å²) in [6.07, 6.45) is 2.79. The molecule has 1 aromatic carbocycles. The van der Waals surface area contributed by atoms with Gasteiger partial charge in [-0.05, 0) is 30.5 Å². The molecular weight excluding hydrogens is 273 g/mol. The van der Waals surface area contributed by atoms with E-state index in [2.05, 4.69) is 9.97 Å². The standard InChI is InChI=1S/C14H16N3O2P/c1-20(19)10-6-8-17(9-7-10)13-14(18)16-12-5-3-2-4-11(12)15-13/h2-6,19H,7-9H2,1H3,(H,16,18). The van der Waals surface area contributed by atoms with Gasteiger partial charge in [0, 0.05) is 21.2 Å². The van der Waals surface area contributed by atoms with Crippen LogP contribution in [-0.2, 0) is 0 Å². The van der Waals surface area contributed by atoms with Crippen LogP contribution in [0.1, 0.15) is 6.42 Å². The molecule has 0 bridgehead atoms. The molecule has 2 heterocycles. The van der Waals surface area contributed by atoms with Crippen LogP contribution in [0.3, 0.4) is 0 Å². The van der Waals surface area contributed by atoms with Gasteiger partial charge in [-0.25, -0.2) is 4.98 Å². The molecule has 1 aromatic heterocycles. The molecule has 3 rings (SSSR count). The minimum atomic E-state index is -1.01. The van der Waals surface area contributed by atoms with Gasteiger partial charge in [0.2, 0.25) is 0 Å². The lowest BCUT2D eigenvalue weighted by molar-refractivity contribution is 0.631. The fourth-order valence-electron chi connectivity index (χ4n) is 2.38. The van der Waals surface area contributed by atoms with Gasteiger partial charge in [-0.15, -0.1) is 0 Å². The van der Waals surface area contributed by atoms with Crippen LogP contribution in [0.15, 0.2) is 40.5 Å². The first-order chi connectivity index (χ1) is 9.65. The average molecular weight is 289 g/mol. The number of nitrogens with one attached hydrogen (secondary N) is 1. The van der Waals surface area contributed by atoms with Crippen molar-refractivity contribution in [2.24, 2.45) is 0 Å². The van der Waals surface area contributed by atoms with Gasteiger partial charge in [0.15, 0.2) is 5.82 Å². The van der Waals surface area contributed by atoms with Crippen molar-refractivity contribution in [1.82, 2.24) is 9.97 Å². The summed E-state index contributed by atoms with van der Waals surface area (Å²) < 4.78 is 0. The average Bonchev–Trinajstić information content (AvgIpc) is 2.46. The number of aromatic amines is 1. The molecule has 0 aliphatic carbocycles. The summed E-state index contributed by atoms with van der Waals surface area (Å²) >= 11 is 0. The van der Waals surface area contributed by atoms with Crippen molar-refractivity contribution in [3.8, 4) is 0 Å². The third-order valence-electron chi connectivity index (χ3n) is 3.48. The van der Waals surface area contributed by atoms with Crippen LogP contribution in [0.4, 0.5) is 5.82 Å². The van der Waals surface area contributed by atoms with Gasteiger partial charge in [0.25, 0.3) is 5.56 Å². The van der Waals surface area contributed by atoms with Gasteiger partial charge >= 0.3 is 0 Å². The largest absolute Gasteiger partial charge is 0.370 e. The molecule has 1 unspecified atom stereocenters. The zero-order valence-corrected chi connectivity index (χ0v) is 12.1. The molecule has 0 fully saturated rings. The predicted molar refractivity (Wildman–Crippen MR) is 82.3 cm³/mol. The van der Waals surface area contributed by atoms with Crippen LogP contribution in [0.5, 0.6) is 0 Å². The first-order valence-corrected chi connectivity index (χ1v) is 8.25. The highest BCUT2D eigenvalue weighted by Gasteiger charge is 2.18. The van der Waals surface area contributed by atoms with Crippen molar-refractivity contribution in [3.63, 3.8) is 0 Å². The highest BCUT2D eigenvalue weighted by molar-refractivity contribution is 7.55. The fraction of sp³-hybridized carbons (Fsp3) is 0.286. The fourth-order valence-corrected chi connectivity index (χ4v) is 3.15. The molecule has 0 saturated carbocycles. The summed E-state index contributed by atoms with van der Waals surface area (Å²) in [6.45, 7) is 3.17. The molecule has 1 aliphatic rings. The van der Waals surface area contributed by atoms with E-state index in [-0.39, 0.29) is 5.56 Å². The Kier molecular flexibility index (Phi) is 3.55. The molecule has 1 aliphatic heterocycles. The van der Waals surface area contributed by atoms with E-state index in [0.717, 1.165) is 22.8 Å². The summed E-state index contributed by atoms with van der Waals surface area (Å²) in [5, 5.41) is 1.09. The Bertz CT molecular complexity index is 724. The Morgan fingerprint density at radius 3 is 2.90 bits per heavy atom. The number of aromatic nitrogens is 2. The highest BCUT2D eigenvalue weighted by Crippen LogP contribution is 2.39. The Hall–Kier alpha value is -1.71. The van der Waals surface area contributed by atoms with Crippen LogP contribution in [0.25, 0.3) is 11.0 Å². The van der Waals surface area contributed by atoms with Crippen molar-refractivity contribution in [2.45, 2.75) is 6.42 Å². The molecule has 104 valence electrons. The van der Waals surface area contributed by atoms with E-state index < -0.39 is 8.15 Å². The highest BCUT2D eigenvalue weighted by atomic mass is 31.1. The number of nitrogens with zero attached hydrogens (tertiary/aromatic N) is 2. The molecule has 0 spiro atoms. The van der Waals surface area contributed by atoms with Gasteiger partial charge in [-0.1, -0.05) is 18.2 Å². The van der Waals surface area contributed by atoms with Gasteiger partial charge in [0.05, 0.1) is 11.0 Å². The number of hydrogen-bond donors (Lipinski definition) is 2. The molecule has 6 heteroatoms. The Morgan fingerprint density at radius 2 is 2.20 bits per heavy atom. The number of H-pyrrole nitrogens is 1. The van der Waals surface area contributed by atoms with Crippen LogP contribution in [0, 0.1) is 0 Å². The lowest BCUT2D eigenvalue weighted by Crippen LogP contribution is -2.34. The monoisotopic (exact) mass is 289 g/mol. The van der Waals surface area contributed by atoms with Crippen LogP contribution in [-0.4, -0.2) is 34.6 Å². The van der Waals surface area contributed by atoms with Gasteiger partial charge in [0.1, 0.15) is 0 Å². The maximum Gasteiger partial charge on any atom is 0.291 e. The first kappa shape index (κ1) is 13.3. The second kappa shape index (κ2) is 5.35. The third-order valence-corrected chi connectivity index (χ3v) is 4.72. The van der Waals surface area contributed by atoms with Crippen molar-refractivity contribution in [1.29, 1.82) is 0 Å². The zero-order chi connectivity index (χ0) is 14.1. The molecule has 2 aromatic rings. The van der Waals surface area contributed by atoms with E-state index in [4.69, 9.17) is 0 Å².